The Bertz CT molecular complexity index is 1170. The van der Waals surface area contributed by atoms with Crippen LogP contribution < -0.4 is 4.74 Å². The van der Waals surface area contributed by atoms with Crippen LogP contribution in [0.4, 0.5) is 0 Å². The number of ether oxygens (including phenoxy) is 1. The summed E-state index contributed by atoms with van der Waals surface area (Å²) in [6.07, 6.45) is 1.64. The lowest BCUT2D eigenvalue weighted by Gasteiger charge is -2.11. The molecule has 3 aromatic rings. The van der Waals surface area contributed by atoms with Gasteiger partial charge in [-0.05, 0) is 54.1 Å². The van der Waals surface area contributed by atoms with Gasteiger partial charge in [0, 0.05) is 21.2 Å². The van der Waals surface area contributed by atoms with E-state index in [9.17, 15) is 10.1 Å². The number of rotatable bonds is 6. The number of carboxylic acids is 1. The lowest BCUT2D eigenvalue weighted by molar-refractivity contribution is 0.0697. The van der Waals surface area contributed by atoms with Gasteiger partial charge in [0.1, 0.15) is 12.4 Å². The van der Waals surface area contributed by atoms with Crippen LogP contribution in [0.25, 0.3) is 11.6 Å². The maximum Gasteiger partial charge on any atom is 0.335 e. The Hall–Kier alpha value is -2.97. The summed E-state index contributed by atoms with van der Waals surface area (Å²) < 4.78 is 5.89. The molecule has 0 aliphatic carbocycles. The maximum absolute atomic E-state index is 11.0. The van der Waals surface area contributed by atoms with E-state index < -0.39 is 5.97 Å². The second-order valence-electron chi connectivity index (χ2n) is 6.27. The molecular weight excluding hydrogens is 445 g/mol. The third kappa shape index (κ3) is 5.34. The first-order chi connectivity index (χ1) is 14.4. The first-order valence-electron chi connectivity index (χ1n) is 8.69. The summed E-state index contributed by atoms with van der Waals surface area (Å²) in [7, 11) is 0. The number of hydrogen-bond donors (Lipinski definition) is 1. The Morgan fingerprint density at radius 3 is 2.30 bits per heavy atom. The fraction of sp³-hybridized carbons (Fsp3) is 0.0435. The highest BCUT2D eigenvalue weighted by Crippen LogP contribution is 2.32. The average Bonchev–Trinajstić information content (AvgIpc) is 2.72. The van der Waals surface area contributed by atoms with E-state index in [4.69, 9.17) is 44.6 Å². The molecule has 0 aromatic heterocycles. The van der Waals surface area contributed by atoms with E-state index in [1.165, 1.54) is 12.1 Å². The van der Waals surface area contributed by atoms with Crippen molar-refractivity contribution in [1.29, 1.82) is 5.26 Å². The number of aromatic carboxylic acids is 1. The zero-order valence-electron chi connectivity index (χ0n) is 15.4. The number of benzene rings is 3. The van der Waals surface area contributed by atoms with Crippen molar-refractivity contribution in [3.8, 4) is 11.8 Å². The highest BCUT2D eigenvalue weighted by Gasteiger charge is 2.11. The molecule has 7 heteroatoms. The smallest absolute Gasteiger partial charge is 0.335 e. The minimum absolute atomic E-state index is 0.201. The molecule has 30 heavy (non-hydrogen) atoms. The van der Waals surface area contributed by atoms with Crippen molar-refractivity contribution in [3.63, 3.8) is 0 Å². The van der Waals surface area contributed by atoms with Crippen LogP contribution in [0.1, 0.15) is 27.0 Å². The second-order valence-corrected chi connectivity index (χ2v) is 7.55. The fourth-order valence-corrected chi connectivity index (χ4v) is 3.39. The SMILES string of the molecule is N#C/C(=C\c1cc(Cl)ccc1OCc1ccc(C(=O)O)cc1)c1ccc(Cl)cc1Cl. The van der Waals surface area contributed by atoms with Crippen LogP contribution in [-0.4, -0.2) is 11.1 Å². The van der Waals surface area contributed by atoms with Crippen LogP contribution in [0.15, 0.2) is 60.7 Å². The normalized spacial score (nSPS) is 11.1. The molecule has 0 saturated carbocycles. The molecular formula is C23H14Cl3NO3. The van der Waals surface area contributed by atoms with E-state index in [0.717, 1.165) is 5.56 Å². The van der Waals surface area contributed by atoms with Crippen LogP contribution in [0.5, 0.6) is 5.75 Å². The summed E-state index contributed by atoms with van der Waals surface area (Å²) in [5.41, 5.74) is 2.47. The van der Waals surface area contributed by atoms with Gasteiger partial charge < -0.3 is 9.84 Å². The minimum atomic E-state index is -0.988. The van der Waals surface area contributed by atoms with Crippen molar-refractivity contribution in [1.82, 2.24) is 0 Å². The zero-order chi connectivity index (χ0) is 21.7. The van der Waals surface area contributed by atoms with Gasteiger partial charge in [0.2, 0.25) is 0 Å². The summed E-state index contributed by atoms with van der Waals surface area (Å²) in [5, 5.41) is 19.9. The van der Waals surface area contributed by atoms with E-state index >= 15 is 0 Å². The van der Waals surface area contributed by atoms with Crippen molar-refractivity contribution < 1.29 is 14.6 Å². The molecule has 0 spiro atoms. The van der Waals surface area contributed by atoms with Crippen LogP contribution in [0.2, 0.25) is 15.1 Å². The number of nitrogens with zero attached hydrogens (tertiary/aromatic N) is 1. The second kappa shape index (κ2) is 9.69. The Morgan fingerprint density at radius 1 is 1.00 bits per heavy atom. The van der Waals surface area contributed by atoms with Crippen molar-refractivity contribution in [2.75, 3.05) is 0 Å². The van der Waals surface area contributed by atoms with Gasteiger partial charge in [-0.15, -0.1) is 0 Å². The molecule has 0 unspecified atom stereocenters. The summed E-state index contributed by atoms with van der Waals surface area (Å²) in [6, 6.07) is 18.5. The minimum Gasteiger partial charge on any atom is -0.488 e. The number of allylic oxidation sites excluding steroid dienone is 1. The number of halogens is 3. The van der Waals surface area contributed by atoms with Crippen molar-refractivity contribution in [3.05, 3.63) is 98.0 Å². The van der Waals surface area contributed by atoms with Crippen LogP contribution in [-0.2, 0) is 6.61 Å². The summed E-state index contributed by atoms with van der Waals surface area (Å²) in [4.78, 5) is 11.0. The molecule has 3 rings (SSSR count). The highest BCUT2D eigenvalue weighted by molar-refractivity contribution is 6.36. The zero-order valence-corrected chi connectivity index (χ0v) is 17.7. The molecule has 0 bridgehead atoms. The molecule has 0 aliphatic heterocycles. The van der Waals surface area contributed by atoms with Gasteiger partial charge in [-0.3, -0.25) is 0 Å². The van der Waals surface area contributed by atoms with E-state index in [1.54, 1.807) is 54.6 Å². The highest BCUT2D eigenvalue weighted by atomic mass is 35.5. The molecule has 1 N–H and O–H groups in total. The van der Waals surface area contributed by atoms with Gasteiger partial charge in [0.05, 0.1) is 22.2 Å². The molecule has 0 atom stereocenters. The molecule has 0 heterocycles. The fourth-order valence-electron chi connectivity index (χ4n) is 2.70. The van der Waals surface area contributed by atoms with Crippen LogP contribution in [0, 0.1) is 11.3 Å². The Balaban J connectivity index is 1.90. The Morgan fingerprint density at radius 2 is 1.67 bits per heavy atom. The molecule has 0 saturated heterocycles. The Kier molecular flexibility index (Phi) is 7.02. The molecule has 150 valence electrons. The number of nitriles is 1. The number of hydrogen-bond acceptors (Lipinski definition) is 3. The van der Waals surface area contributed by atoms with E-state index in [0.29, 0.717) is 37.5 Å². The molecule has 0 aliphatic rings. The lowest BCUT2D eigenvalue weighted by Crippen LogP contribution is -2.00. The van der Waals surface area contributed by atoms with Gasteiger partial charge in [-0.2, -0.15) is 5.26 Å². The van der Waals surface area contributed by atoms with E-state index in [2.05, 4.69) is 6.07 Å². The largest absolute Gasteiger partial charge is 0.488 e. The standard InChI is InChI=1S/C23H14Cl3NO3/c24-18-6-8-22(30-13-14-1-3-15(4-2-14)23(28)29)16(10-18)9-17(12-27)20-7-5-19(25)11-21(20)26/h1-11H,13H2,(H,28,29)/b17-9+. The summed E-state index contributed by atoms with van der Waals surface area (Å²) in [5.74, 6) is -0.475. The number of carboxylic acid groups (broad SMARTS) is 1. The van der Waals surface area contributed by atoms with Crippen LogP contribution in [0.3, 0.4) is 0 Å². The topological polar surface area (TPSA) is 70.3 Å². The van der Waals surface area contributed by atoms with Crippen LogP contribution >= 0.6 is 34.8 Å². The van der Waals surface area contributed by atoms with Crippen molar-refractivity contribution in [2.45, 2.75) is 6.61 Å². The molecule has 4 nitrogen and oxygen atoms in total. The van der Waals surface area contributed by atoms with Gasteiger partial charge in [0.25, 0.3) is 0 Å². The quantitative estimate of drug-likeness (QED) is 0.319. The first-order valence-corrected chi connectivity index (χ1v) is 9.82. The van der Waals surface area contributed by atoms with Crippen molar-refractivity contribution in [2.24, 2.45) is 0 Å². The third-order valence-electron chi connectivity index (χ3n) is 4.21. The molecule has 0 radical (unpaired) electrons. The van der Waals surface area contributed by atoms with Gasteiger partial charge in [-0.25, -0.2) is 4.79 Å². The summed E-state index contributed by atoms with van der Waals surface area (Å²) in [6.45, 7) is 0.214. The lowest BCUT2D eigenvalue weighted by atomic mass is 10.0. The molecule has 3 aromatic carbocycles. The average molecular weight is 459 g/mol. The first kappa shape index (κ1) is 21.7. The van der Waals surface area contributed by atoms with E-state index in [1.807, 2.05) is 0 Å². The monoisotopic (exact) mass is 457 g/mol. The predicted molar refractivity (Wildman–Crippen MR) is 119 cm³/mol. The predicted octanol–water partition coefficient (Wildman–Crippen LogP) is 6.99. The van der Waals surface area contributed by atoms with Gasteiger partial charge in [-0.1, -0.05) is 53.0 Å². The Labute approximate surface area is 188 Å². The van der Waals surface area contributed by atoms with Gasteiger partial charge in [0.15, 0.2) is 0 Å². The molecule has 0 amide bonds. The van der Waals surface area contributed by atoms with E-state index in [-0.39, 0.29) is 12.2 Å². The third-order valence-corrected chi connectivity index (χ3v) is 4.99. The summed E-state index contributed by atoms with van der Waals surface area (Å²) >= 11 is 18.3. The maximum atomic E-state index is 11.0. The molecule has 0 fully saturated rings. The van der Waals surface area contributed by atoms with Gasteiger partial charge >= 0.3 is 5.97 Å². The number of carbonyl (C=O) groups is 1. The van der Waals surface area contributed by atoms with Crippen molar-refractivity contribution >= 4 is 52.4 Å².